The molecule has 0 fully saturated rings. The predicted octanol–water partition coefficient (Wildman–Crippen LogP) is 1.92. The van der Waals surface area contributed by atoms with Crippen LogP contribution in [-0.2, 0) is 4.79 Å². The number of carbonyl (C=O) groups is 1. The van der Waals surface area contributed by atoms with E-state index in [9.17, 15) is 15.0 Å². The number of aliphatic hydroxyl groups excluding tert-OH is 2. The molecule has 0 bridgehead atoms. The highest BCUT2D eigenvalue weighted by Crippen LogP contribution is 2.42. The van der Waals surface area contributed by atoms with Crippen molar-refractivity contribution >= 4 is 13.9 Å². The van der Waals surface area contributed by atoms with Crippen LogP contribution in [0.4, 0.5) is 0 Å². The van der Waals surface area contributed by atoms with E-state index in [0.717, 1.165) is 10.8 Å². The first kappa shape index (κ1) is 15.3. The van der Waals surface area contributed by atoms with Crippen LogP contribution in [0.25, 0.3) is 0 Å². The molecule has 0 radical (unpaired) electrons. The maximum Gasteiger partial charge on any atom is 0.162 e. The third-order valence-electron chi connectivity index (χ3n) is 3.56. The van der Waals surface area contributed by atoms with Crippen molar-refractivity contribution in [1.29, 1.82) is 0 Å². The molecule has 2 unspecified atom stereocenters. The maximum absolute atomic E-state index is 12.5. The second-order valence-electron chi connectivity index (χ2n) is 6.15. The van der Waals surface area contributed by atoms with E-state index in [1.165, 1.54) is 0 Å². The number of Topliss-reactive ketones (excluding diaryl/α,β-unsaturated/α-hetero) is 1. The van der Waals surface area contributed by atoms with E-state index in [4.69, 9.17) is 0 Å². The summed E-state index contributed by atoms with van der Waals surface area (Å²) in [6.45, 7) is 13.3. The van der Waals surface area contributed by atoms with E-state index in [1.54, 1.807) is 19.9 Å². The SMILES string of the molecule is C=CC1C(=O)C([Si](C)(C)C)=C([C@H](C)O)C1[C@@H](C)O. The van der Waals surface area contributed by atoms with E-state index in [1.807, 2.05) is 0 Å². The fourth-order valence-corrected chi connectivity index (χ4v) is 5.08. The third-order valence-corrected chi connectivity index (χ3v) is 5.59. The summed E-state index contributed by atoms with van der Waals surface area (Å²) in [5.74, 6) is -0.668. The zero-order valence-corrected chi connectivity index (χ0v) is 12.9. The Morgan fingerprint density at radius 1 is 1.28 bits per heavy atom. The Labute approximate surface area is 110 Å². The second-order valence-corrected chi connectivity index (χ2v) is 11.1. The molecule has 0 aromatic rings. The van der Waals surface area contributed by atoms with Crippen molar-refractivity contribution in [3.8, 4) is 0 Å². The zero-order valence-electron chi connectivity index (χ0n) is 11.9. The van der Waals surface area contributed by atoms with Gasteiger partial charge in [0.15, 0.2) is 5.78 Å². The summed E-state index contributed by atoms with van der Waals surface area (Å²) in [4.78, 5) is 12.5. The highest BCUT2D eigenvalue weighted by atomic mass is 28.3. The van der Waals surface area contributed by atoms with Crippen LogP contribution in [0.15, 0.2) is 23.4 Å². The van der Waals surface area contributed by atoms with E-state index >= 15 is 0 Å². The average molecular weight is 268 g/mol. The molecule has 0 spiro atoms. The number of allylic oxidation sites excluding steroid dienone is 2. The Morgan fingerprint density at radius 2 is 1.78 bits per heavy atom. The summed E-state index contributed by atoms with van der Waals surface area (Å²) in [7, 11) is -1.85. The van der Waals surface area contributed by atoms with Gasteiger partial charge in [0.05, 0.1) is 20.3 Å². The highest BCUT2D eigenvalue weighted by molar-refractivity contribution is 6.87. The van der Waals surface area contributed by atoms with Gasteiger partial charge in [0.25, 0.3) is 0 Å². The van der Waals surface area contributed by atoms with Crippen molar-refractivity contribution in [1.82, 2.24) is 0 Å². The highest BCUT2D eigenvalue weighted by Gasteiger charge is 2.47. The van der Waals surface area contributed by atoms with Crippen LogP contribution in [-0.4, -0.2) is 36.3 Å². The molecule has 0 aromatic heterocycles. The molecule has 0 saturated heterocycles. The minimum Gasteiger partial charge on any atom is -0.393 e. The molecule has 4 atom stereocenters. The van der Waals surface area contributed by atoms with Crippen molar-refractivity contribution in [2.24, 2.45) is 11.8 Å². The van der Waals surface area contributed by atoms with Crippen LogP contribution < -0.4 is 0 Å². The summed E-state index contributed by atoms with van der Waals surface area (Å²) in [6.07, 6.45) is 0.255. The molecule has 102 valence electrons. The van der Waals surface area contributed by atoms with Gasteiger partial charge in [0.2, 0.25) is 0 Å². The van der Waals surface area contributed by atoms with Crippen LogP contribution in [0.5, 0.6) is 0 Å². The molecule has 4 heteroatoms. The molecule has 1 aliphatic rings. The van der Waals surface area contributed by atoms with Crippen molar-refractivity contribution < 1.29 is 15.0 Å². The lowest BCUT2D eigenvalue weighted by atomic mass is 9.85. The standard InChI is InChI=1S/C14H24O3Si/c1-7-10-11(8(2)15)12(9(3)16)14(13(10)17)18(4,5)6/h7-11,15-16H,1H2,2-6H3/t8-,9+,10?,11?/m1/s1. The van der Waals surface area contributed by atoms with Gasteiger partial charge in [-0.15, -0.1) is 6.58 Å². The molecule has 2 N–H and O–H groups in total. The molecule has 0 aliphatic heterocycles. The minimum absolute atomic E-state index is 0.0472. The van der Waals surface area contributed by atoms with E-state index < -0.39 is 26.2 Å². The van der Waals surface area contributed by atoms with Crippen LogP contribution in [0, 0.1) is 11.8 Å². The Morgan fingerprint density at radius 3 is 2.06 bits per heavy atom. The largest absolute Gasteiger partial charge is 0.393 e. The molecule has 0 heterocycles. The predicted molar refractivity (Wildman–Crippen MR) is 75.9 cm³/mol. The molecular weight excluding hydrogens is 244 g/mol. The lowest BCUT2D eigenvalue weighted by Crippen LogP contribution is -2.31. The van der Waals surface area contributed by atoms with Crippen LogP contribution in [0.1, 0.15) is 13.8 Å². The van der Waals surface area contributed by atoms with E-state index in [2.05, 4.69) is 26.2 Å². The molecule has 0 amide bonds. The summed E-state index contributed by atoms with van der Waals surface area (Å²) >= 11 is 0. The number of hydrogen-bond acceptors (Lipinski definition) is 3. The number of aliphatic hydroxyl groups is 2. The summed E-state index contributed by atoms with van der Waals surface area (Å²) < 4.78 is 0. The van der Waals surface area contributed by atoms with Gasteiger partial charge in [-0.2, -0.15) is 0 Å². The monoisotopic (exact) mass is 268 g/mol. The van der Waals surface area contributed by atoms with Crippen molar-refractivity contribution in [2.75, 3.05) is 0 Å². The van der Waals surface area contributed by atoms with Gasteiger partial charge >= 0.3 is 0 Å². The Kier molecular flexibility index (Phi) is 4.36. The van der Waals surface area contributed by atoms with Crippen LogP contribution in [0.3, 0.4) is 0 Å². The molecular formula is C14H24O3Si. The van der Waals surface area contributed by atoms with Crippen LogP contribution >= 0.6 is 0 Å². The summed E-state index contributed by atoms with van der Waals surface area (Å²) in [6, 6.07) is 0. The first-order valence-electron chi connectivity index (χ1n) is 6.40. The molecule has 1 rings (SSSR count). The number of rotatable bonds is 4. The Bertz CT molecular complexity index is 388. The van der Waals surface area contributed by atoms with Gasteiger partial charge < -0.3 is 10.2 Å². The Balaban J connectivity index is 3.46. The number of carbonyl (C=O) groups excluding carboxylic acids is 1. The minimum atomic E-state index is -1.85. The lowest BCUT2D eigenvalue weighted by Gasteiger charge is -2.25. The molecule has 0 saturated carbocycles. The van der Waals surface area contributed by atoms with E-state index in [0.29, 0.717) is 0 Å². The molecule has 18 heavy (non-hydrogen) atoms. The molecule has 1 aliphatic carbocycles. The van der Waals surface area contributed by atoms with Crippen molar-refractivity contribution in [3.63, 3.8) is 0 Å². The second kappa shape index (κ2) is 5.11. The van der Waals surface area contributed by atoms with Crippen LogP contribution in [0.2, 0.25) is 19.6 Å². The van der Waals surface area contributed by atoms with Crippen molar-refractivity contribution in [2.45, 2.75) is 45.7 Å². The lowest BCUT2D eigenvalue weighted by molar-refractivity contribution is -0.118. The van der Waals surface area contributed by atoms with Gasteiger partial charge in [0.1, 0.15) is 0 Å². The maximum atomic E-state index is 12.5. The average Bonchev–Trinajstić information content (AvgIpc) is 2.50. The zero-order chi connectivity index (χ0) is 14.2. The van der Waals surface area contributed by atoms with Gasteiger partial charge in [-0.25, -0.2) is 0 Å². The van der Waals surface area contributed by atoms with E-state index in [-0.39, 0.29) is 11.7 Å². The first-order chi connectivity index (χ1) is 8.12. The summed E-state index contributed by atoms with van der Waals surface area (Å²) in [5, 5.41) is 20.7. The smallest absolute Gasteiger partial charge is 0.162 e. The normalized spacial score (nSPS) is 28.5. The molecule has 0 aromatic carbocycles. The third kappa shape index (κ3) is 2.51. The number of hydrogen-bond donors (Lipinski definition) is 2. The van der Waals surface area contributed by atoms with Gasteiger partial charge in [-0.1, -0.05) is 25.7 Å². The quantitative estimate of drug-likeness (QED) is 0.605. The van der Waals surface area contributed by atoms with Gasteiger partial charge in [0, 0.05) is 11.8 Å². The fraction of sp³-hybridized carbons (Fsp3) is 0.643. The van der Waals surface area contributed by atoms with Crippen molar-refractivity contribution in [3.05, 3.63) is 23.4 Å². The number of ketones is 1. The first-order valence-corrected chi connectivity index (χ1v) is 9.90. The topological polar surface area (TPSA) is 57.5 Å². The van der Waals surface area contributed by atoms with Gasteiger partial charge in [-0.3, -0.25) is 4.79 Å². The Hall–Kier alpha value is -0.713. The fourth-order valence-electron chi connectivity index (χ4n) is 2.94. The molecule has 3 nitrogen and oxygen atoms in total. The van der Waals surface area contributed by atoms with Gasteiger partial charge in [-0.05, 0) is 24.6 Å². The summed E-state index contributed by atoms with van der Waals surface area (Å²) in [5.41, 5.74) is 0.735.